The van der Waals surface area contributed by atoms with Gasteiger partial charge in [-0.05, 0) is 19.9 Å². The van der Waals surface area contributed by atoms with Gasteiger partial charge < -0.3 is 10.1 Å². The van der Waals surface area contributed by atoms with Crippen molar-refractivity contribution in [3.8, 4) is 5.75 Å². The van der Waals surface area contributed by atoms with Crippen LogP contribution in [0.3, 0.4) is 0 Å². The molecule has 1 aliphatic rings. The molecule has 3 heterocycles. The Balaban J connectivity index is 1.65. The molecule has 3 aromatic rings. The van der Waals surface area contributed by atoms with Gasteiger partial charge in [0, 0.05) is 24.2 Å². The Hall–Kier alpha value is -2.89. The van der Waals surface area contributed by atoms with Gasteiger partial charge in [0.2, 0.25) is 0 Å². The predicted octanol–water partition coefficient (Wildman–Crippen LogP) is 2.60. The van der Waals surface area contributed by atoms with Crippen LogP contribution in [0.25, 0.3) is 5.65 Å². The van der Waals surface area contributed by atoms with Gasteiger partial charge in [-0.2, -0.15) is 5.10 Å². The fraction of sp³-hybridized carbons (Fsp3) is 0.278. The molecule has 1 aromatic carbocycles. The van der Waals surface area contributed by atoms with Crippen molar-refractivity contribution in [2.75, 3.05) is 6.61 Å². The van der Waals surface area contributed by atoms with Gasteiger partial charge in [-0.25, -0.2) is 9.50 Å². The summed E-state index contributed by atoms with van der Waals surface area (Å²) in [5, 5.41) is 7.50. The SMILES string of the molecule is Cc1cc2ncc(C(=O)NC3CCOc4ccccc43)c(C)n2n1. The van der Waals surface area contributed by atoms with Crippen molar-refractivity contribution in [1.29, 1.82) is 0 Å². The van der Waals surface area contributed by atoms with Crippen LogP contribution in [0.5, 0.6) is 5.75 Å². The lowest BCUT2D eigenvalue weighted by Crippen LogP contribution is -2.33. The van der Waals surface area contributed by atoms with E-state index in [0.717, 1.165) is 34.8 Å². The predicted molar refractivity (Wildman–Crippen MR) is 89.2 cm³/mol. The van der Waals surface area contributed by atoms with Crippen molar-refractivity contribution in [3.63, 3.8) is 0 Å². The molecule has 0 fully saturated rings. The number of nitrogens with zero attached hydrogens (tertiary/aromatic N) is 3. The second-order valence-electron chi connectivity index (χ2n) is 6.01. The second kappa shape index (κ2) is 5.63. The normalized spacial score (nSPS) is 16.5. The van der Waals surface area contributed by atoms with E-state index >= 15 is 0 Å². The molecule has 0 spiro atoms. The Bertz CT molecular complexity index is 932. The van der Waals surface area contributed by atoms with Crippen LogP contribution < -0.4 is 10.1 Å². The Morgan fingerprint density at radius 1 is 1.33 bits per heavy atom. The van der Waals surface area contributed by atoms with E-state index in [4.69, 9.17) is 4.74 Å². The van der Waals surface area contributed by atoms with Crippen molar-refractivity contribution in [3.05, 3.63) is 59.0 Å². The summed E-state index contributed by atoms with van der Waals surface area (Å²) in [6, 6.07) is 9.65. The van der Waals surface area contributed by atoms with Crippen molar-refractivity contribution >= 4 is 11.6 Å². The summed E-state index contributed by atoms with van der Waals surface area (Å²) >= 11 is 0. The summed E-state index contributed by atoms with van der Waals surface area (Å²) in [5.74, 6) is 0.693. The number of carbonyl (C=O) groups excluding carboxylic acids is 1. The summed E-state index contributed by atoms with van der Waals surface area (Å²) in [7, 11) is 0. The number of amides is 1. The molecule has 0 bridgehead atoms. The van der Waals surface area contributed by atoms with Crippen LogP contribution in [-0.4, -0.2) is 27.1 Å². The van der Waals surface area contributed by atoms with Crippen LogP contribution in [0.4, 0.5) is 0 Å². The minimum Gasteiger partial charge on any atom is -0.493 e. The van der Waals surface area contributed by atoms with E-state index in [1.807, 2.05) is 44.2 Å². The number of nitrogens with one attached hydrogen (secondary N) is 1. The summed E-state index contributed by atoms with van der Waals surface area (Å²) in [4.78, 5) is 17.1. The summed E-state index contributed by atoms with van der Waals surface area (Å²) < 4.78 is 7.36. The van der Waals surface area contributed by atoms with Crippen LogP contribution in [0.2, 0.25) is 0 Å². The molecule has 0 saturated carbocycles. The lowest BCUT2D eigenvalue weighted by Gasteiger charge is -2.26. The first-order valence-corrected chi connectivity index (χ1v) is 7.98. The van der Waals surface area contributed by atoms with Gasteiger partial charge >= 0.3 is 0 Å². The zero-order valence-corrected chi connectivity index (χ0v) is 13.6. The van der Waals surface area contributed by atoms with E-state index < -0.39 is 0 Å². The highest BCUT2D eigenvalue weighted by Gasteiger charge is 2.24. The molecule has 122 valence electrons. The largest absolute Gasteiger partial charge is 0.493 e. The summed E-state index contributed by atoms with van der Waals surface area (Å²) in [6.07, 6.45) is 2.37. The molecule has 6 heteroatoms. The van der Waals surface area contributed by atoms with Gasteiger partial charge in [-0.15, -0.1) is 0 Å². The molecule has 4 rings (SSSR count). The number of aryl methyl sites for hydroxylation is 2. The van der Waals surface area contributed by atoms with Crippen LogP contribution in [0.15, 0.2) is 36.5 Å². The summed E-state index contributed by atoms with van der Waals surface area (Å²) in [5.41, 5.74) is 3.96. The van der Waals surface area contributed by atoms with Crippen LogP contribution >= 0.6 is 0 Å². The molecule has 0 aliphatic carbocycles. The first-order valence-electron chi connectivity index (χ1n) is 7.98. The number of fused-ring (bicyclic) bond motifs is 2. The quantitative estimate of drug-likeness (QED) is 0.787. The van der Waals surface area contributed by atoms with Crippen LogP contribution in [0.1, 0.15) is 39.8 Å². The third-order valence-corrected chi connectivity index (χ3v) is 4.35. The standard InChI is InChI=1S/C18H18N4O2/c1-11-9-17-19-10-14(12(2)22(17)21-11)18(23)20-15-7-8-24-16-6-4-3-5-13(15)16/h3-6,9-10,15H,7-8H2,1-2H3,(H,20,23). The number of para-hydroxylation sites is 1. The Morgan fingerprint density at radius 3 is 3.04 bits per heavy atom. The maximum absolute atomic E-state index is 12.8. The number of hydrogen-bond acceptors (Lipinski definition) is 4. The van der Waals surface area contributed by atoms with Gasteiger partial charge in [0.25, 0.3) is 5.91 Å². The molecular weight excluding hydrogens is 304 g/mol. The van der Waals surface area contributed by atoms with E-state index in [-0.39, 0.29) is 11.9 Å². The van der Waals surface area contributed by atoms with Crippen molar-refractivity contribution in [2.24, 2.45) is 0 Å². The first-order chi connectivity index (χ1) is 11.6. The van der Waals surface area contributed by atoms with Gasteiger partial charge in [-0.1, -0.05) is 18.2 Å². The third-order valence-electron chi connectivity index (χ3n) is 4.35. The molecular formula is C18H18N4O2. The van der Waals surface area contributed by atoms with Crippen molar-refractivity contribution < 1.29 is 9.53 Å². The molecule has 0 radical (unpaired) electrons. The fourth-order valence-corrected chi connectivity index (χ4v) is 3.11. The third kappa shape index (κ3) is 2.40. The fourth-order valence-electron chi connectivity index (χ4n) is 3.11. The van der Waals surface area contributed by atoms with Crippen LogP contribution in [0, 0.1) is 13.8 Å². The van der Waals surface area contributed by atoms with Gasteiger partial charge in [0.05, 0.1) is 29.6 Å². The number of ether oxygens (including phenoxy) is 1. The molecule has 2 aromatic heterocycles. The highest BCUT2D eigenvalue weighted by molar-refractivity contribution is 5.95. The van der Waals surface area contributed by atoms with E-state index in [0.29, 0.717) is 12.2 Å². The molecule has 1 amide bonds. The maximum Gasteiger partial charge on any atom is 0.255 e. The highest BCUT2D eigenvalue weighted by atomic mass is 16.5. The average Bonchev–Trinajstić information content (AvgIpc) is 2.97. The molecule has 1 aliphatic heterocycles. The van der Waals surface area contributed by atoms with Crippen LogP contribution in [-0.2, 0) is 0 Å². The van der Waals surface area contributed by atoms with Gasteiger partial charge in [0.15, 0.2) is 5.65 Å². The highest BCUT2D eigenvalue weighted by Crippen LogP contribution is 2.31. The number of rotatable bonds is 2. The zero-order chi connectivity index (χ0) is 16.7. The first kappa shape index (κ1) is 14.7. The monoisotopic (exact) mass is 322 g/mol. The molecule has 1 unspecified atom stereocenters. The average molecular weight is 322 g/mol. The molecule has 6 nitrogen and oxygen atoms in total. The minimum absolute atomic E-state index is 0.0584. The lowest BCUT2D eigenvalue weighted by atomic mass is 10.00. The van der Waals surface area contributed by atoms with E-state index in [1.54, 1.807) is 10.7 Å². The van der Waals surface area contributed by atoms with Crippen molar-refractivity contribution in [2.45, 2.75) is 26.3 Å². The number of benzene rings is 1. The number of hydrogen-bond donors (Lipinski definition) is 1. The molecule has 0 saturated heterocycles. The van der Waals surface area contributed by atoms with Gasteiger partial charge in [0.1, 0.15) is 5.75 Å². The second-order valence-corrected chi connectivity index (χ2v) is 6.01. The Labute approximate surface area is 139 Å². The minimum atomic E-state index is -0.142. The molecule has 1 atom stereocenters. The van der Waals surface area contributed by atoms with E-state index in [1.165, 1.54) is 0 Å². The number of aromatic nitrogens is 3. The summed E-state index contributed by atoms with van der Waals surface area (Å²) in [6.45, 7) is 4.39. The maximum atomic E-state index is 12.8. The smallest absolute Gasteiger partial charge is 0.255 e. The molecule has 1 N–H and O–H groups in total. The Kier molecular flexibility index (Phi) is 3.45. The number of carbonyl (C=O) groups is 1. The topological polar surface area (TPSA) is 68.5 Å². The van der Waals surface area contributed by atoms with E-state index in [9.17, 15) is 4.79 Å². The molecule has 24 heavy (non-hydrogen) atoms. The Morgan fingerprint density at radius 2 is 2.17 bits per heavy atom. The van der Waals surface area contributed by atoms with E-state index in [2.05, 4.69) is 15.4 Å². The lowest BCUT2D eigenvalue weighted by molar-refractivity contribution is 0.0923. The van der Waals surface area contributed by atoms with Crippen molar-refractivity contribution in [1.82, 2.24) is 19.9 Å². The van der Waals surface area contributed by atoms with Gasteiger partial charge in [-0.3, -0.25) is 4.79 Å². The zero-order valence-electron chi connectivity index (χ0n) is 13.6.